The minimum absolute atomic E-state index is 0.148. The van der Waals surface area contributed by atoms with Gasteiger partial charge in [0.1, 0.15) is 5.82 Å². The summed E-state index contributed by atoms with van der Waals surface area (Å²) in [4.78, 5) is 17.8. The molecule has 0 spiro atoms. The number of carbonyl (C=O) groups is 1. The van der Waals surface area contributed by atoms with Crippen molar-refractivity contribution in [3.05, 3.63) is 89.2 Å². The summed E-state index contributed by atoms with van der Waals surface area (Å²) in [5, 5.41) is 14.5. The fourth-order valence-corrected chi connectivity index (χ4v) is 6.34. The molecule has 1 heterocycles. The molecule has 10 heteroatoms. The van der Waals surface area contributed by atoms with Crippen LogP contribution in [-0.4, -0.2) is 54.1 Å². The SMILES string of the molecule is C[C@@H]1CN(C2CCCC2)CCN1[C@H](CNC(=O)Nc1ccc(F)c(C(F)(F)F)c1)c1ccc(-c2cccc(C#N)c2)cc1. The van der Waals surface area contributed by atoms with E-state index < -0.39 is 23.6 Å². The van der Waals surface area contributed by atoms with Gasteiger partial charge in [0.2, 0.25) is 0 Å². The van der Waals surface area contributed by atoms with E-state index in [0.29, 0.717) is 23.7 Å². The topological polar surface area (TPSA) is 71.4 Å². The zero-order chi connectivity index (χ0) is 30.6. The van der Waals surface area contributed by atoms with E-state index >= 15 is 0 Å². The van der Waals surface area contributed by atoms with Gasteiger partial charge in [-0.3, -0.25) is 9.80 Å². The lowest BCUT2D eigenvalue weighted by Gasteiger charge is -2.46. The van der Waals surface area contributed by atoms with Gasteiger partial charge in [-0.1, -0.05) is 49.2 Å². The molecule has 1 aliphatic carbocycles. The number of amides is 2. The Morgan fingerprint density at radius 2 is 1.77 bits per heavy atom. The number of halogens is 4. The van der Waals surface area contributed by atoms with Gasteiger partial charge in [0.05, 0.1) is 23.2 Å². The van der Waals surface area contributed by atoms with Gasteiger partial charge in [-0.25, -0.2) is 9.18 Å². The van der Waals surface area contributed by atoms with Crippen molar-refractivity contribution in [3.8, 4) is 17.2 Å². The van der Waals surface area contributed by atoms with Gasteiger partial charge in [-0.2, -0.15) is 18.4 Å². The number of urea groups is 1. The normalized spacial score (nSPS) is 19.1. The van der Waals surface area contributed by atoms with Crippen LogP contribution < -0.4 is 10.6 Å². The van der Waals surface area contributed by atoms with Gasteiger partial charge in [-0.05, 0) is 66.8 Å². The van der Waals surface area contributed by atoms with Crippen molar-refractivity contribution >= 4 is 11.7 Å². The Kier molecular flexibility index (Phi) is 9.33. The summed E-state index contributed by atoms with van der Waals surface area (Å²) in [5.41, 5.74) is 1.87. The first-order valence-electron chi connectivity index (χ1n) is 14.6. The van der Waals surface area contributed by atoms with Crippen LogP contribution in [0.4, 0.5) is 28.0 Å². The third-order valence-corrected chi connectivity index (χ3v) is 8.56. The molecule has 2 N–H and O–H groups in total. The van der Waals surface area contributed by atoms with Crippen molar-refractivity contribution in [2.45, 2.75) is 56.9 Å². The molecule has 0 bridgehead atoms. The number of nitrogens with one attached hydrogen (secondary N) is 2. The van der Waals surface area contributed by atoms with E-state index in [1.165, 1.54) is 25.7 Å². The Balaban J connectivity index is 1.33. The zero-order valence-electron chi connectivity index (χ0n) is 24.0. The largest absolute Gasteiger partial charge is 0.419 e. The van der Waals surface area contributed by atoms with Crippen LogP contribution in [0.5, 0.6) is 0 Å². The van der Waals surface area contributed by atoms with Crippen molar-refractivity contribution in [3.63, 3.8) is 0 Å². The molecule has 1 saturated carbocycles. The van der Waals surface area contributed by atoms with Crippen molar-refractivity contribution < 1.29 is 22.4 Å². The van der Waals surface area contributed by atoms with Crippen LogP contribution in [0.15, 0.2) is 66.7 Å². The molecule has 2 aliphatic rings. The summed E-state index contributed by atoms with van der Waals surface area (Å²) < 4.78 is 53.2. The number of alkyl halides is 3. The van der Waals surface area contributed by atoms with Crippen molar-refractivity contribution in [1.82, 2.24) is 15.1 Å². The van der Waals surface area contributed by atoms with E-state index in [-0.39, 0.29) is 24.3 Å². The van der Waals surface area contributed by atoms with Gasteiger partial charge in [0.25, 0.3) is 0 Å². The van der Waals surface area contributed by atoms with E-state index in [4.69, 9.17) is 0 Å². The van der Waals surface area contributed by atoms with Crippen LogP contribution >= 0.6 is 0 Å². The maximum Gasteiger partial charge on any atom is 0.419 e. The number of rotatable bonds is 7. The van der Waals surface area contributed by atoms with Gasteiger partial charge in [-0.15, -0.1) is 0 Å². The molecule has 0 aromatic heterocycles. The third kappa shape index (κ3) is 7.35. The average Bonchev–Trinajstić information content (AvgIpc) is 3.54. The predicted octanol–water partition coefficient (Wildman–Crippen LogP) is 7.19. The van der Waals surface area contributed by atoms with Crippen LogP contribution in [0.1, 0.15) is 55.3 Å². The lowest BCUT2D eigenvalue weighted by molar-refractivity contribution is -0.139. The Hall–Kier alpha value is -3.94. The van der Waals surface area contributed by atoms with Crippen LogP contribution in [0.3, 0.4) is 0 Å². The lowest BCUT2D eigenvalue weighted by atomic mass is 9.97. The lowest BCUT2D eigenvalue weighted by Crippen LogP contribution is -2.56. The number of nitrogens with zero attached hydrogens (tertiary/aromatic N) is 3. The number of hydrogen-bond donors (Lipinski definition) is 2. The van der Waals surface area contributed by atoms with E-state index in [0.717, 1.165) is 42.4 Å². The first-order chi connectivity index (χ1) is 20.6. The summed E-state index contributed by atoms with van der Waals surface area (Å²) in [5.74, 6) is -1.40. The maximum atomic E-state index is 13.7. The predicted molar refractivity (Wildman–Crippen MR) is 158 cm³/mol. The molecule has 5 rings (SSSR count). The molecule has 3 aromatic carbocycles. The molecule has 43 heavy (non-hydrogen) atoms. The minimum atomic E-state index is -4.87. The molecular weight excluding hydrogens is 558 g/mol. The summed E-state index contributed by atoms with van der Waals surface area (Å²) >= 11 is 0. The summed E-state index contributed by atoms with van der Waals surface area (Å²) in [6.45, 7) is 5.06. The number of piperazine rings is 1. The molecule has 2 fully saturated rings. The number of carbonyl (C=O) groups excluding carboxylic acids is 1. The second-order valence-corrected chi connectivity index (χ2v) is 11.4. The molecule has 2 amide bonds. The van der Waals surface area contributed by atoms with Crippen LogP contribution in [0.2, 0.25) is 0 Å². The standard InChI is InChI=1S/C33H35F4N5O/c1-22-21-41(28-7-2-3-8-28)15-16-42(22)31(25-11-9-24(10-12-25)26-6-4-5-23(17-26)19-38)20-39-32(43)40-27-13-14-30(34)29(18-27)33(35,36)37/h4-6,9-14,17-18,22,28,31H,2-3,7-8,15-16,20-21H2,1H3,(H2,39,40,43)/t22-,31-/m1/s1. The van der Waals surface area contributed by atoms with Crippen molar-refractivity contribution in [1.29, 1.82) is 5.26 Å². The highest BCUT2D eigenvalue weighted by Gasteiger charge is 2.35. The molecule has 0 unspecified atom stereocenters. The summed E-state index contributed by atoms with van der Waals surface area (Å²) in [6, 6.07) is 19.9. The van der Waals surface area contributed by atoms with Gasteiger partial charge in [0, 0.05) is 44.0 Å². The van der Waals surface area contributed by atoms with Crippen molar-refractivity contribution in [2.24, 2.45) is 0 Å². The molecule has 2 atom stereocenters. The Bertz CT molecular complexity index is 1460. The highest BCUT2D eigenvalue weighted by atomic mass is 19.4. The molecule has 0 radical (unpaired) electrons. The molecule has 3 aromatic rings. The molecule has 1 aliphatic heterocycles. The third-order valence-electron chi connectivity index (χ3n) is 8.56. The minimum Gasteiger partial charge on any atom is -0.336 e. The summed E-state index contributed by atoms with van der Waals surface area (Å²) in [7, 11) is 0. The van der Waals surface area contributed by atoms with E-state index in [2.05, 4.69) is 33.4 Å². The number of benzene rings is 3. The quantitative estimate of drug-likeness (QED) is 0.285. The number of hydrogen-bond acceptors (Lipinski definition) is 4. The first-order valence-corrected chi connectivity index (χ1v) is 14.6. The average molecular weight is 594 g/mol. The van der Waals surface area contributed by atoms with Gasteiger partial charge >= 0.3 is 12.2 Å². The Labute approximate surface area is 249 Å². The monoisotopic (exact) mass is 593 g/mol. The molecular formula is C33H35F4N5O. The van der Waals surface area contributed by atoms with Gasteiger partial charge in [0.15, 0.2) is 0 Å². The Morgan fingerprint density at radius 1 is 1.02 bits per heavy atom. The highest BCUT2D eigenvalue weighted by molar-refractivity contribution is 5.89. The fourth-order valence-electron chi connectivity index (χ4n) is 6.34. The molecule has 226 valence electrons. The van der Waals surface area contributed by atoms with Crippen molar-refractivity contribution in [2.75, 3.05) is 31.5 Å². The molecule has 1 saturated heterocycles. The zero-order valence-corrected chi connectivity index (χ0v) is 24.0. The van der Waals surface area contributed by atoms with Crippen LogP contribution in [-0.2, 0) is 6.18 Å². The molecule has 6 nitrogen and oxygen atoms in total. The van der Waals surface area contributed by atoms with Crippen LogP contribution in [0, 0.1) is 17.1 Å². The van der Waals surface area contributed by atoms with E-state index in [1.807, 2.05) is 42.5 Å². The smallest absolute Gasteiger partial charge is 0.336 e. The maximum absolute atomic E-state index is 13.7. The van der Waals surface area contributed by atoms with E-state index in [1.54, 1.807) is 6.07 Å². The van der Waals surface area contributed by atoms with Gasteiger partial charge < -0.3 is 10.6 Å². The summed E-state index contributed by atoms with van der Waals surface area (Å²) in [6.07, 6.45) is 0.117. The Morgan fingerprint density at radius 3 is 2.44 bits per heavy atom. The number of nitriles is 1. The first kappa shape index (κ1) is 30.5. The van der Waals surface area contributed by atoms with E-state index in [9.17, 15) is 27.6 Å². The number of anilines is 1. The fraction of sp³-hybridized carbons (Fsp3) is 0.394. The van der Waals surface area contributed by atoms with Crippen LogP contribution in [0.25, 0.3) is 11.1 Å². The second-order valence-electron chi connectivity index (χ2n) is 11.4. The highest BCUT2D eigenvalue weighted by Crippen LogP contribution is 2.34. The second kappa shape index (κ2) is 13.1.